The van der Waals surface area contributed by atoms with Crippen molar-refractivity contribution in [2.45, 2.75) is 32.4 Å². The highest BCUT2D eigenvalue weighted by Crippen LogP contribution is 2.29. The number of aromatic nitrogens is 2. The van der Waals surface area contributed by atoms with Crippen LogP contribution in [0.25, 0.3) is 11.0 Å². The molecule has 0 N–H and O–H groups in total. The summed E-state index contributed by atoms with van der Waals surface area (Å²) in [5.41, 5.74) is 3.34. The molecule has 0 bridgehead atoms. The van der Waals surface area contributed by atoms with Crippen molar-refractivity contribution in [3.05, 3.63) is 63.9 Å². The van der Waals surface area contributed by atoms with Crippen LogP contribution in [0.4, 0.5) is 0 Å². The van der Waals surface area contributed by atoms with Crippen LogP contribution >= 0.6 is 23.2 Å². The standard InChI is InChI=1S/C20H21Cl2N3/c1-14(24-10-4-5-11-24)20-23-18-6-2-3-7-19(18)25(20)13-15-8-9-16(21)17(22)12-15/h2-3,6-9,12,14H,4-5,10-11,13H2,1H3. The van der Waals surface area contributed by atoms with E-state index < -0.39 is 0 Å². The summed E-state index contributed by atoms with van der Waals surface area (Å²) in [7, 11) is 0. The van der Waals surface area contributed by atoms with Gasteiger partial charge in [-0.3, -0.25) is 4.90 Å². The van der Waals surface area contributed by atoms with Crippen molar-refractivity contribution in [1.29, 1.82) is 0 Å². The van der Waals surface area contributed by atoms with E-state index in [1.165, 1.54) is 12.8 Å². The molecule has 1 aromatic heterocycles. The zero-order chi connectivity index (χ0) is 17.4. The van der Waals surface area contributed by atoms with Crippen LogP contribution in [0.5, 0.6) is 0 Å². The molecule has 1 aliphatic heterocycles. The third kappa shape index (κ3) is 3.29. The molecular formula is C20H21Cl2N3. The minimum atomic E-state index is 0.303. The lowest BCUT2D eigenvalue weighted by atomic mass is 10.2. The van der Waals surface area contributed by atoms with Gasteiger partial charge in [-0.25, -0.2) is 4.98 Å². The Balaban J connectivity index is 1.77. The molecule has 5 heteroatoms. The Labute approximate surface area is 158 Å². The Hall–Kier alpha value is -1.55. The summed E-state index contributed by atoms with van der Waals surface area (Å²) >= 11 is 12.3. The lowest BCUT2D eigenvalue weighted by Gasteiger charge is -2.24. The number of halogens is 2. The van der Waals surface area contributed by atoms with E-state index in [0.717, 1.165) is 42.1 Å². The molecule has 2 aromatic carbocycles. The number of para-hydroxylation sites is 2. The lowest BCUT2D eigenvalue weighted by molar-refractivity contribution is 0.249. The van der Waals surface area contributed by atoms with Crippen molar-refractivity contribution in [3.63, 3.8) is 0 Å². The highest BCUT2D eigenvalue weighted by atomic mass is 35.5. The SMILES string of the molecule is CC(c1nc2ccccc2n1Cc1ccc(Cl)c(Cl)c1)N1CCCC1. The molecule has 0 saturated carbocycles. The normalized spacial score (nSPS) is 16.6. The fourth-order valence-electron chi connectivity index (χ4n) is 3.69. The average molecular weight is 374 g/mol. The number of benzene rings is 2. The maximum atomic E-state index is 6.21. The number of hydrogen-bond acceptors (Lipinski definition) is 2. The Bertz CT molecular complexity index is 897. The van der Waals surface area contributed by atoms with Crippen molar-refractivity contribution < 1.29 is 0 Å². The van der Waals surface area contributed by atoms with Crippen molar-refractivity contribution >= 4 is 34.2 Å². The predicted octanol–water partition coefficient (Wildman–Crippen LogP) is 5.55. The summed E-state index contributed by atoms with van der Waals surface area (Å²) in [6, 6.07) is 14.5. The van der Waals surface area contributed by atoms with E-state index in [4.69, 9.17) is 28.2 Å². The molecule has 0 radical (unpaired) electrons. The number of rotatable bonds is 4. The molecule has 0 aliphatic carbocycles. The monoisotopic (exact) mass is 373 g/mol. The van der Waals surface area contributed by atoms with Gasteiger partial charge in [0.15, 0.2) is 0 Å². The third-order valence-corrected chi connectivity index (χ3v) is 5.81. The maximum absolute atomic E-state index is 6.21. The molecule has 4 rings (SSSR count). The van der Waals surface area contributed by atoms with Crippen molar-refractivity contribution in [1.82, 2.24) is 14.5 Å². The summed E-state index contributed by atoms with van der Waals surface area (Å²) < 4.78 is 2.32. The smallest absolute Gasteiger partial charge is 0.127 e. The van der Waals surface area contributed by atoms with Crippen LogP contribution in [0.15, 0.2) is 42.5 Å². The number of fused-ring (bicyclic) bond motifs is 1. The zero-order valence-corrected chi connectivity index (χ0v) is 15.8. The van der Waals surface area contributed by atoms with Crippen LogP contribution in [-0.4, -0.2) is 27.5 Å². The molecule has 3 nitrogen and oxygen atoms in total. The van der Waals surface area contributed by atoms with Crippen molar-refractivity contribution in [2.24, 2.45) is 0 Å². The molecule has 1 aliphatic rings. The molecule has 25 heavy (non-hydrogen) atoms. The number of imidazole rings is 1. The van der Waals surface area contributed by atoms with Crippen LogP contribution in [-0.2, 0) is 6.54 Å². The fraction of sp³-hybridized carbons (Fsp3) is 0.350. The summed E-state index contributed by atoms with van der Waals surface area (Å²) in [5.74, 6) is 1.12. The number of likely N-dealkylation sites (tertiary alicyclic amines) is 1. The van der Waals surface area contributed by atoms with E-state index in [-0.39, 0.29) is 0 Å². The highest BCUT2D eigenvalue weighted by molar-refractivity contribution is 6.42. The highest BCUT2D eigenvalue weighted by Gasteiger charge is 2.24. The van der Waals surface area contributed by atoms with Gasteiger partial charge < -0.3 is 4.57 Å². The van der Waals surface area contributed by atoms with E-state index in [1.54, 1.807) is 0 Å². The van der Waals surface area contributed by atoms with Gasteiger partial charge in [-0.05, 0) is 62.7 Å². The quantitative estimate of drug-likeness (QED) is 0.597. The fourth-order valence-corrected chi connectivity index (χ4v) is 4.01. The Morgan fingerprint density at radius 2 is 1.80 bits per heavy atom. The molecule has 2 heterocycles. The van der Waals surface area contributed by atoms with Crippen molar-refractivity contribution in [2.75, 3.05) is 13.1 Å². The van der Waals surface area contributed by atoms with Crippen LogP contribution < -0.4 is 0 Å². The molecular weight excluding hydrogens is 353 g/mol. The third-order valence-electron chi connectivity index (χ3n) is 5.07. The zero-order valence-electron chi connectivity index (χ0n) is 14.3. The van der Waals surface area contributed by atoms with Gasteiger partial charge in [0.2, 0.25) is 0 Å². The van der Waals surface area contributed by atoms with Crippen LogP contribution in [0.1, 0.15) is 37.2 Å². The molecule has 0 amide bonds. The van der Waals surface area contributed by atoms with Gasteiger partial charge in [0.25, 0.3) is 0 Å². The van der Waals surface area contributed by atoms with E-state index >= 15 is 0 Å². The van der Waals surface area contributed by atoms with Gasteiger partial charge in [-0.1, -0.05) is 41.4 Å². The second-order valence-corrected chi connectivity index (χ2v) is 7.53. The minimum absolute atomic E-state index is 0.303. The van der Waals surface area contributed by atoms with E-state index in [1.807, 2.05) is 24.3 Å². The summed E-state index contributed by atoms with van der Waals surface area (Å²) in [6.07, 6.45) is 2.55. The van der Waals surface area contributed by atoms with E-state index in [0.29, 0.717) is 16.1 Å². The van der Waals surface area contributed by atoms with Gasteiger partial charge in [-0.2, -0.15) is 0 Å². The van der Waals surface area contributed by atoms with E-state index in [2.05, 4.69) is 34.6 Å². The molecule has 0 spiro atoms. The molecule has 1 saturated heterocycles. The molecule has 3 aromatic rings. The van der Waals surface area contributed by atoms with Gasteiger partial charge in [0.05, 0.1) is 27.1 Å². The summed E-state index contributed by atoms with van der Waals surface area (Å²) in [6.45, 7) is 5.30. The molecule has 130 valence electrons. The van der Waals surface area contributed by atoms with E-state index in [9.17, 15) is 0 Å². The van der Waals surface area contributed by atoms with Crippen molar-refractivity contribution in [3.8, 4) is 0 Å². The first-order valence-corrected chi connectivity index (χ1v) is 9.52. The average Bonchev–Trinajstić information content (AvgIpc) is 3.26. The number of hydrogen-bond donors (Lipinski definition) is 0. The minimum Gasteiger partial charge on any atom is -0.322 e. The first-order valence-electron chi connectivity index (χ1n) is 8.76. The lowest BCUT2D eigenvalue weighted by Crippen LogP contribution is -2.26. The topological polar surface area (TPSA) is 21.1 Å². The molecule has 1 atom stereocenters. The summed E-state index contributed by atoms with van der Waals surface area (Å²) in [4.78, 5) is 7.48. The second kappa shape index (κ2) is 6.99. The molecule has 1 fully saturated rings. The van der Waals surface area contributed by atoms with Crippen LogP contribution in [0.2, 0.25) is 10.0 Å². The van der Waals surface area contributed by atoms with Gasteiger partial charge in [-0.15, -0.1) is 0 Å². The maximum Gasteiger partial charge on any atom is 0.127 e. The Morgan fingerprint density at radius 3 is 2.56 bits per heavy atom. The summed E-state index contributed by atoms with van der Waals surface area (Å²) in [5, 5.41) is 1.18. The first-order chi connectivity index (χ1) is 12.1. The predicted molar refractivity (Wildman–Crippen MR) is 105 cm³/mol. The number of nitrogens with zero attached hydrogens (tertiary/aromatic N) is 3. The van der Waals surface area contributed by atoms with Gasteiger partial charge in [0, 0.05) is 6.54 Å². The molecule has 1 unspecified atom stereocenters. The van der Waals surface area contributed by atoms with Crippen LogP contribution in [0.3, 0.4) is 0 Å². The Morgan fingerprint density at radius 1 is 1.04 bits per heavy atom. The Kier molecular flexibility index (Phi) is 4.72. The second-order valence-electron chi connectivity index (χ2n) is 6.71. The van der Waals surface area contributed by atoms with Gasteiger partial charge in [0.1, 0.15) is 5.82 Å². The first kappa shape index (κ1) is 16.9. The van der Waals surface area contributed by atoms with Gasteiger partial charge >= 0.3 is 0 Å². The largest absolute Gasteiger partial charge is 0.322 e. The van der Waals surface area contributed by atoms with Crippen LogP contribution in [0, 0.1) is 0 Å².